The van der Waals surface area contributed by atoms with Crippen molar-refractivity contribution in [3.05, 3.63) is 0 Å². The molecule has 7 heteroatoms. The van der Waals surface area contributed by atoms with Crippen LogP contribution in [0.3, 0.4) is 0 Å². The molecule has 0 aromatic carbocycles. The number of hydrogen-bond donors (Lipinski definition) is 1. The van der Waals surface area contributed by atoms with Gasteiger partial charge in [-0.15, -0.1) is 0 Å². The van der Waals surface area contributed by atoms with E-state index in [1.807, 2.05) is 6.92 Å². The van der Waals surface area contributed by atoms with Crippen molar-refractivity contribution in [1.29, 1.82) is 0 Å². The van der Waals surface area contributed by atoms with Crippen LogP contribution < -0.4 is 5.43 Å². The predicted octanol–water partition coefficient (Wildman–Crippen LogP) is 0.474. The third-order valence-corrected chi connectivity index (χ3v) is 5.94. The first-order valence-corrected chi connectivity index (χ1v) is 9.51. The Hall–Kier alpha value is -1.37. The Kier molecular flexibility index (Phi) is 2.59. The molecule has 0 aromatic heterocycles. The Balaban J connectivity index is 2.52. The number of hydrogen-bond acceptors (Lipinski definition) is 4. The third kappa shape index (κ3) is 1.43. The summed E-state index contributed by atoms with van der Waals surface area (Å²) >= 11 is 0. The predicted molar refractivity (Wildman–Crippen MR) is 72.0 cm³/mol. The molecule has 2 aliphatic rings. The van der Waals surface area contributed by atoms with Crippen molar-refractivity contribution in [3.8, 4) is 0 Å². The van der Waals surface area contributed by atoms with Crippen LogP contribution in [0, 0.1) is 0 Å². The molecule has 0 saturated carbocycles. The Bertz CT molecular complexity index is 456. The number of nitrogens with one attached hydrogen (secondary N) is 1. The van der Waals surface area contributed by atoms with Crippen molar-refractivity contribution in [2.45, 2.75) is 38.1 Å². The van der Waals surface area contributed by atoms with Gasteiger partial charge in [-0.2, -0.15) is 5.10 Å². The molecule has 2 rings (SSSR count). The van der Waals surface area contributed by atoms with Crippen molar-refractivity contribution >= 4 is 25.3 Å². The summed E-state index contributed by atoms with van der Waals surface area (Å²) in [4.78, 5) is 27.1. The van der Waals surface area contributed by atoms with Crippen LogP contribution in [0.15, 0.2) is 5.10 Å². The first kappa shape index (κ1) is 13.1. The van der Waals surface area contributed by atoms with E-state index in [9.17, 15) is 9.59 Å². The van der Waals surface area contributed by atoms with Gasteiger partial charge in [-0.25, -0.2) is 4.79 Å². The van der Waals surface area contributed by atoms with Gasteiger partial charge in [0.15, 0.2) is 6.04 Å². The van der Waals surface area contributed by atoms with Crippen LogP contribution in [0.5, 0.6) is 0 Å². The van der Waals surface area contributed by atoms with Gasteiger partial charge in [-0.05, 0) is 6.92 Å². The van der Waals surface area contributed by atoms with Crippen LogP contribution in [0.2, 0.25) is 19.6 Å². The second-order valence-corrected chi connectivity index (χ2v) is 11.1. The SMILES string of the molecule is CN1C(=O)C2NN=C([Si](C)(C)C)C2(C)N(C)C1=O. The Morgan fingerprint density at radius 3 is 2.33 bits per heavy atom. The molecule has 100 valence electrons. The number of hydrazone groups is 1. The standard InChI is InChI=1S/C11H20N4O2Si/c1-11-7(12-13-9(11)18(4,5)6)8(16)14(2)10(17)15(11)3/h7,12H,1-6H3. The zero-order valence-corrected chi connectivity index (χ0v) is 12.7. The van der Waals surface area contributed by atoms with Gasteiger partial charge in [0.2, 0.25) is 0 Å². The zero-order chi connectivity index (χ0) is 13.9. The summed E-state index contributed by atoms with van der Waals surface area (Å²) in [5.74, 6) is -0.211. The van der Waals surface area contributed by atoms with Crippen LogP contribution >= 0.6 is 0 Å². The lowest BCUT2D eigenvalue weighted by molar-refractivity contribution is -0.134. The number of likely N-dealkylation sites (N-methyl/N-ethyl adjacent to an activating group) is 2. The third-order valence-electron chi connectivity index (χ3n) is 3.91. The molecule has 1 saturated heterocycles. The van der Waals surface area contributed by atoms with Gasteiger partial charge < -0.3 is 4.90 Å². The van der Waals surface area contributed by atoms with Crippen LogP contribution in [-0.2, 0) is 4.79 Å². The van der Waals surface area contributed by atoms with E-state index < -0.39 is 19.7 Å². The lowest BCUT2D eigenvalue weighted by Gasteiger charge is -2.47. The number of imide groups is 1. The normalized spacial score (nSPS) is 32.3. The van der Waals surface area contributed by atoms with Gasteiger partial charge in [0.25, 0.3) is 5.91 Å². The summed E-state index contributed by atoms with van der Waals surface area (Å²) in [5, 5.41) is 5.35. The number of amides is 3. The van der Waals surface area contributed by atoms with E-state index in [1.165, 1.54) is 7.05 Å². The van der Waals surface area contributed by atoms with E-state index in [-0.39, 0.29) is 11.9 Å². The summed E-state index contributed by atoms with van der Waals surface area (Å²) in [6.07, 6.45) is 0. The molecule has 18 heavy (non-hydrogen) atoms. The molecule has 2 heterocycles. The van der Waals surface area contributed by atoms with Crippen molar-refractivity contribution < 1.29 is 9.59 Å². The van der Waals surface area contributed by atoms with E-state index in [1.54, 1.807) is 11.9 Å². The fraction of sp³-hybridized carbons (Fsp3) is 0.727. The second-order valence-electron chi connectivity index (χ2n) is 6.16. The summed E-state index contributed by atoms with van der Waals surface area (Å²) in [5.41, 5.74) is 2.29. The van der Waals surface area contributed by atoms with Crippen molar-refractivity contribution in [2.24, 2.45) is 5.10 Å². The molecule has 2 atom stereocenters. The van der Waals surface area contributed by atoms with E-state index in [0.717, 1.165) is 10.2 Å². The highest BCUT2D eigenvalue weighted by molar-refractivity contribution is 7.05. The van der Waals surface area contributed by atoms with Crippen LogP contribution in [0.4, 0.5) is 4.79 Å². The number of fused-ring (bicyclic) bond motifs is 1. The molecule has 0 bridgehead atoms. The fourth-order valence-electron chi connectivity index (χ4n) is 2.79. The summed E-state index contributed by atoms with van der Waals surface area (Å²) in [7, 11) is 1.54. The lowest BCUT2D eigenvalue weighted by atomic mass is 9.90. The molecular formula is C11H20N4O2Si. The van der Waals surface area contributed by atoms with Gasteiger partial charge in [-0.1, -0.05) is 19.6 Å². The van der Waals surface area contributed by atoms with E-state index in [0.29, 0.717) is 0 Å². The summed E-state index contributed by atoms with van der Waals surface area (Å²) in [6.45, 7) is 8.43. The Morgan fingerprint density at radius 1 is 1.28 bits per heavy atom. The second kappa shape index (κ2) is 3.56. The quantitative estimate of drug-likeness (QED) is 0.703. The van der Waals surface area contributed by atoms with Crippen LogP contribution in [0.1, 0.15) is 6.92 Å². The monoisotopic (exact) mass is 268 g/mol. The maximum atomic E-state index is 12.2. The van der Waals surface area contributed by atoms with Gasteiger partial charge in [0.05, 0.1) is 0 Å². The maximum absolute atomic E-state index is 12.2. The molecule has 6 nitrogen and oxygen atoms in total. The van der Waals surface area contributed by atoms with Gasteiger partial charge in [0.1, 0.15) is 13.6 Å². The largest absolute Gasteiger partial charge is 0.327 e. The average Bonchev–Trinajstić information content (AvgIpc) is 2.62. The van der Waals surface area contributed by atoms with Gasteiger partial charge >= 0.3 is 6.03 Å². The highest BCUT2D eigenvalue weighted by Crippen LogP contribution is 2.34. The molecule has 1 fully saturated rings. The van der Waals surface area contributed by atoms with E-state index in [4.69, 9.17) is 0 Å². The lowest BCUT2D eigenvalue weighted by Crippen LogP contribution is -2.73. The molecule has 0 radical (unpaired) electrons. The van der Waals surface area contributed by atoms with Crippen molar-refractivity contribution in [3.63, 3.8) is 0 Å². The summed E-state index contributed by atoms with van der Waals surface area (Å²) in [6, 6.07) is -0.736. The number of carbonyl (C=O) groups is 2. The number of rotatable bonds is 1. The molecule has 2 aliphatic heterocycles. The van der Waals surface area contributed by atoms with Crippen molar-refractivity contribution in [1.82, 2.24) is 15.2 Å². The zero-order valence-electron chi connectivity index (χ0n) is 11.7. The molecule has 2 unspecified atom stereocenters. The minimum atomic E-state index is -1.70. The summed E-state index contributed by atoms with van der Waals surface area (Å²) < 4.78 is 0. The first-order chi connectivity index (χ1) is 8.11. The van der Waals surface area contributed by atoms with Gasteiger partial charge in [0, 0.05) is 19.4 Å². The van der Waals surface area contributed by atoms with E-state index >= 15 is 0 Å². The first-order valence-electron chi connectivity index (χ1n) is 6.01. The van der Waals surface area contributed by atoms with Crippen LogP contribution in [0.25, 0.3) is 0 Å². The number of carbonyl (C=O) groups excluding carboxylic acids is 2. The minimum absolute atomic E-state index is 0.211. The molecule has 0 aromatic rings. The maximum Gasteiger partial charge on any atom is 0.327 e. The Labute approximate surface area is 108 Å². The highest BCUT2D eigenvalue weighted by atomic mass is 28.3. The average molecular weight is 268 g/mol. The molecule has 0 aliphatic carbocycles. The smallest absolute Gasteiger partial charge is 0.314 e. The fourth-order valence-corrected chi connectivity index (χ4v) is 5.02. The molecule has 1 N–H and O–H groups in total. The minimum Gasteiger partial charge on any atom is -0.314 e. The molecule has 0 spiro atoms. The van der Waals surface area contributed by atoms with Crippen LogP contribution in [-0.4, -0.2) is 60.8 Å². The Morgan fingerprint density at radius 2 is 1.83 bits per heavy atom. The topological polar surface area (TPSA) is 65.0 Å². The molecular weight excluding hydrogens is 248 g/mol. The molecule has 3 amide bonds. The highest BCUT2D eigenvalue weighted by Gasteiger charge is 2.59. The van der Waals surface area contributed by atoms with Crippen molar-refractivity contribution in [2.75, 3.05) is 14.1 Å². The van der Waals surface area contributed by atoms with E-state index in [2.05, 4.69) is 30.2 Å². The number of nitrogens with zero attached hydrogens (tertiary/aromatic N) is 3. The van der Waals surface area contributed by atoms with Gasteiger partial charge in [-0.3, -0.25) is 15.1 Å². The number of urea groups is 1.